The molecule has 2 heterocycles. The van der Waals surface area contributed by atoms with E-state index in [0.29, 0.717) is 22.2 Å². The predicted octanol–water partition coefficient (Wildman–Crippen LogP) is 4.96. The molecule has 4 rings (SSSR count). The second kappa shape index (κ2) is 9.73. The third kappa shape index (κ3) is 4.88. The number of carbonyl (C=O) groups is 2. The lowest BCUT2D eigenvalue weighted by atomic mass is 10.1. The molecular weight excluding hydrogens is 473 g/mol. The van der Waals surface area contributed by atoms with Crippen molar-refractivity contribution in [1.29, 1.82) is 0 Å². The van der Waals surface area contributed by atoms with Crippen molar-refractivity contribution < 1.29 is 27.5 Å². The van der Waals surface area contributed by atoms with E-state index in [1.807, 2.05) is 0 Å². The first-order valence-corrected chi connectivity index (χ1v) is 11.0. The fourth-order valence-electron chi connectivity index (χ4n) is 4.01. The number of alkyl halides is 3. The van der Waals surface area contributed by atoms with Crippen molar-refractivity contribution in [3.05, 3.63) is 94.8 Å². The van der Waals surface area contributed by atoms with Crippen LogP contribution in [-0.4, -0.2) is 28.5 Å². The number of pyridine rings is 1. The van der Waals surface area contributed by atoms with Crippen molar-refractivity contribution in [3.63, 3.8) is 0 Å². The van der Waals surface area contributed by atoms with Gasteiger partial charge in [-0.3, -0.25) is 9.78 Å². The number of benzene rings is 2. The minimum atomic E-state index is -4.49. The number of methoxy groups -OCH3 is 1. The number of halogens is 3. The zero-order valence-electron chi connectivity index (χ0n) is 19.5. The van der Waals surface area contributed by atoms with E-state index in [-0.39, 0.29) is 17.9 Å². The molecule has 0 spiro atoms. The van der Waals surface area contributed by atoms with Crippen molar-refractivity contribution in [1.82, 2.24) is 14.9 Å². The van der Waals surface area contributed by atoms with Crippen LogP contribution in [0.4, 0.5) is 18.9 Å². The lowest BCUT2D eigenvalue weighted by molar-refractivity contribution is -0.137. The molecule has 10 heteroatoms. The average molecular weight is 496 g/mol. The van der Waals surface area contributed by atoms with Crippen LogP contribution in [0.15, 0.2) is 66.9 Å². The molecule has 2 aromatic heterocycles. The Balaban J connectivity index is 1.67. The molecule has 1 amide bonds. The monoisotopic (exact) mass is 496 g/mol. The van der Waals surface area contributed by atoms with E-state index >= 15 is 0 Å². The minimum Gasteiger partial charge on any atom is -0.465 e. The van der Waals surface area contributed by atoms with E-state index < -0.39 is 29.7 Å². The molecule has 3 N–H and O–H groups in total. The molecular formula is C26H23F3N4O3. The maximum absolute atomic E-state index is 13.4. The number of nitrogens with one attached hydrogen (secondary N) is 1. The Hall–Kier alpha value is -4.34. The van der Waals surface area contributed by atoms with Gasteiger partial charge >= 0.3 is 12.1 Å². The Morgan fingerprint density at radius 2 is 1.83 bits per heavy atom. The predicted molar refractivity (Wildman–Crippen MR) is 128 cm³/mol. The molecule has 0 saturated carbocycles. The van der Waals surface area contributed by atoms with Crippen LogP contribution in [0.5, 0.6) is 0 Å². The van der Waals surface area contributed by atoms with E-state index in [9.17, 15) is 22.8 Å². The zero-order chi connectivity index (χ0) is 26.0. The first kappa shape index (κ1) is 24.8. The second-order valence-corrected chi connectivity index (χ2v) is 8.23. The number of esters is 1. The van der Waals surface area contributed by atoms with Crippen molar-refractivity contribution >= 4 is 28.6 Å². The number of rotatable bonds is 6. The van der Waals surface area contributed by atoms with Gasteiger partial charge in [0.25, 0.3) is 5.91 Å². The molecule has 1 atom stereocenters. The standard InChI is InChI=1S/C26H23F3N4O3/c1-15(17-8-10-18(11-9-17)25(35)36-2)32-24(34)23-21(30)22-20(7-4-12-31-22)33(23)14-16-5-3-6-19(13-16)26(27,28)29/h3-13,15H,14,30H2,1-2H3,(H,32,34)/t15-/m0/s1. The van der Waals surface area contributed by atoms with Gasteiger partial charge in [-0.15, -0.1) is 0 Å². The molecule has 0 unspecified atom stereocenters. The SMILES string of the molecule is COC(=O)c1ccc([C@H](C)NC(=O)c2c(N)c3ncccc3n2Cc2cccc(C(F)(F)F)c2)cc1. The maximum Gasteiger partial charge on any atom is 0.416 e. The van der Waals surface area contributed by atoms with E-state index in [2.05, 4.69) is 10.3 Å². The summed E-state index contributed by atoms with van der Waals surface area (Å²) in [6.45, 7) is 1.74. The number of ether oxygens (including phenoxy) is 1. The Labute approximate surface area is 204 Å². The number of aromatic nitrogens is 2. The van der Waals surface area contributed by atoms with Crippen LogP contribution in [0.2, 0.25) is 0 Å². The molecule has 7 nitrogen and oxygen atoms in total. The summed E-state index contributed by atoms with van der Waals surface area (Å²) in [4.78, 5) is 29.3. The van der Waals surface area contributed by atoms with Gasteiger partial charge in [0, 0.05) is 12.7 Å². The number of amides is 1. The first-order chi connectivity index (χ1) is 17.1. The second-order valence-electron chi connectivity index (χ2n) is 8.23. The number of nitrogens with two attached hydrogens (primary N) is 1. The lowest BCUT2D eigenvalue weighted by Gasteiger charge is -2.17. The van der Waals surface area contributed by atoms with Gasteiger partial charge in [-0.05, 0) is 54.4 Å². The number of fused-ring (bicyclic) bond motifs is 1. The van der Waals surface area contributed by atoms with Gasteiger partial charge in [-0.25, -0.2) is 4.79 Å². The molecule has 0 radical (unpaired) electrons. The number of hydrogen-bond donors (Lipinski definition) is 2. The third-order valence-corrected chi connectivity index (χ3v) is 5.85. The molecule has 0 saturated heterocycles. The number of hydrogen-bond acceptors (Lipinski definition) is 5. The van der Waals surface area contributed by atoms with Crippen molar-refractivity contribution in [2.45, 2.75) is 25.7 Å². The fraction of sp³-hybridized carbons (Fsp3) is 0.192. The number of nitrogens with zero attached hydrogens (tertiary/aromatic N) is 2. The highest BCUT2D eigenvalue weighted by Gasteiger charge is 2.31. The van der Waals surface area contributed by atoms with E-state index in [4.69, 9.17) is 10.5 Å². The molecule has 4 aromatic rings. The van der Waals surface area contributed by atoms with Crippen molar-refractivity contribution in [2.75, 3.05) is 12.8 Å². The summed E-state index contributed by atoms with van der Waals surface area (Å²) >= 11 is 0. The highest BCUT2D eigenvalue weighted by atomic mass is 19.4. The van der Waals surface area contributed by atoms with Crippen LogP contribution in [0.25, 0.3) is 11.0 Å². The number of carbonyl (C=O) groups excluding carboxylic acids is 2. The average Bonchev–Trinajstić information content (AvgIpc) is 3.14. The molecule has 0 fully saturated rings. The highest BCUT2D eigenvalue weighted by Crippen LogP contribution is 2.32. The first-order valence-electron chi connectivity index (χ1n) is 11.0. The van der Waals surface area contributed by atoms with Gasteiger partial charge in [0.1, 0.15) is 11.2 Å². The smallest absolute Gasteiger partial charge is 0.416 e. The molecule has 0 bridgehead atoms. The summed E-state index contributed by atoms with van der Waals surface area (Å²) in [7, 11) is 1.29. The quantitative estimate of drug-likeness (QED) is 0.368. The molecule has 0 aliphatic carbocycles. The fourth-order valence-corrected chi connectivity index (χ4v) is 4.01. The Kier molecular flexibility index (Phi) is 6.69. The molecule has 2 aromatic carbocycles. The van der Waals surface area contributed by atoms with Crippen LogP contribution >= 0.6 is 0 Å². The highest BCUT2D eigenvalue weighted by molar-refractivity contribution is 6.06. The van der Waals surface area contributed by atoms with Crippen LogP contribution in [-0.2, 0) is 17.5 Å². The summed E-state index contributed by atoms with van der Waals surface area (Å²) in [6.07, 6.45) is -2.96. The van der Waals surface area contributed by atoms with Crippen LogP contribution in [0, 0.1) is 0 Å². The number of nitrogen functional groups attached to an aromatic ring is 1. The summed E-state index contributed by atoms with van der Waals surface area (Å²) in [5.41, 5.74) is 8.10. The van der Waals surface area contributed by atoms with Gasteiger partial charge < -0.3 is 20.4 Å². The third-order valence-electron chi connectivity index (χ3n) is 5.85. The van der Waals surface area contributed by atoms with Gasteiger partial charge in [-0.2, -0.15) is 13.2 Å². The number of anilines is 1. The largest absolute Gasteiger partial charge is 0.465 e. The lowest BCUT2D eigenvalue weighted by Crippen LogP contribution is -2.29. The van der Waals surface area contributed by atoms with Crippen LogP contribution < -0.4 is 11.1 Å². The van der Waals surface area contributed by atoms with Crippen molar-refractivity contribution in [2.24, 2.45) is 0 Å². The van der Waals surface area contributed by atoms with Gasteiger partial charge in [0.15, 0.2) is 0 Å². The topological polar surface area (TPSA) is 99.2 Å². The van der Waals surface area contributed by atoms with Crippen LogP contribution in [0.3, 0.4) is 0 Å². The van der Waals surface area contributed by atoms with Gasteiger partial charge in [0.05, 0.1) is 35.5 Å². The maximum atomic E-state index is 13.4. The normalized spacial score (nSPS) is 12.4. The van der Waals surface area contributed by atoms with E-state index in [0.717, 1.165) is 17.7 Å². The Morgan fingerprint density at radius 1 is 1.11 bits per heavy atom. The molecule has 186 valence electrons. The van der Waals surface area contributed by atoms with Gasteiger partial charge in [0.2, 0.25) is 0 Å². The molecule has 0 aliphatic rings. The summed E-state index contributed by atoms with van der Waals surface area (Å²) < 4.78 is 46.0. The zero-order valence-corrected chi connectivity index (χ0v) is 19.5. The Morgan fingerprint density at radius 3 is 2.50 bits per heavy atom. The van der Waals surface area contributed by atoms with Crippen LogP contribution in [0.1, 0.15) is 50.5 Å². The van der Waals surface area contributed by atoms with E-state index in [1.54, 1.807) is 54.0 Å². The summed E-state index contributed by atoms with van der Waals surface area (Å²) in [5, 5.41) is 2.88. The van der Waals surface area contributed by atoms with Crippen molar-refractivity contribution in [3.8, 4) is 0 Å². The summed E-state index contributed by atoms with van der Waals surface area (Å²) in [6, 6.07) is 14.4. The molecule has 0 aliphatic heterocycles. The molecule has 36 heavy (non-hydrogen) atoms. The Bertz CT molecular complexity index is 1430. The summed E-state index contributed by atoms with van der Waals surface area (Å²) in [5.74, 6) is -0.986. The minimum absolute atomic E-state index is 0.0196. The van der Waals surface area contributed by atoms with Gasteiger partial charge in [-0.1, -0.05) is 24.3 Å². The van der Waals surface area contributed by atoms with E-state index in [1.165, 1.54) is 19.4 Å².